The SMILES string of the molecule is CC(C)NCCCc1ccc2c(c1)NC(=O)CCO2. The molecular weight excluding hydrogens is 240 g/mol. The van der Waals surface area contributed by atoms with Gasteiger partial charge >= 0.3 is 0 Å². The van der Waals surface area contributed by atoms with Crippen LogP contribution in [0.2, 0.25) is 0 Å². The molecule has 0 aliphatic carbocycles. The van der Waals surface area contributed by atoms with E-state index in [9.17, 15) is 4.79 Å². The fraction of sp³-hybridized carbons (Fsp3) is 0.533. The molecule has 0 spiro atoms. The molecule has 1 heterocycles. The maximum Gasteiger partial charge on any atom is 0.227 e. The number of nitrogens with one attached hydrogen (secondary N) is 2. The second-order valence-electron chi connectivity index (χ2n) is 5.19. The number of aryl methyl sites for hydroxylation is 1. The molecule has 0 saturated heterocycles. The van der Waals surface area contributed by atoms with Crippen LogP contribution in [0, 0.1) is 0 Å². The Morgan fingerprint density at radius 2 is 2.26 bits per heavy atom. The minimum absolute atomic E-state index is 0.0253. The van der Waals surface area contributed by atoms with E-state index in [4.69, 9.17) is 4.74 Å². The van der Waals surface area contributed by atoms with Crippen molar-refractivity contribution in [2.24, 2.45) is 0 Å². The van der Waals surface area contributed by atoms with Crippen LogP contribution in [0.5, 0.6) is 5.75 Å². The molecule has 1 amide bonds. The van der Waals surface area contributed by atoms with Crippen molar-refractivity contribution in [3.63, 3.8) is 0 Å². The summed E-state index contributed by atoms with van der Waals surface area (Å²) in [6, 6.07) is 6.57. The summed E-state index contributed by atoms with van der Waals surface area (Å²) in [5.74, 6) is 0.798. The normalized spacial score (nSPS) is 14.6. The average molecular weight is 262 g/mol. The molecule has 4 nitrogen and oxygen atoms in total. The molecule has 0 unspecified atom stereocenters. The first-order valence-corrected chi connectivity index (χ1v) is 6.94. The van der Waals surface area contributed by atoms with Gasteiger partial charge in [-0.3, -0.25) is 4.79 Å². The van der Waals surface area contributed by atoms with Crippen molar-refractivity contribution in [3.8, 4) is 5.75 Å². The standard InChI is InChI=1S/C15H22N2O2/c1-11(2)16-8-3-4-12-5-6-14-13(10-12)17-15(18)7-9-19-14/h5-6,10-11,16H,3-4,7-9H2,1-2H3,(H,17,18). The summed E-state index contributed by atoms with van der Waals surface area (Å²) in [5.41, 5.74) is 2.03. The third-order valence-corrected chi connectivity index (χ3v) is 3.10. The van der Waals surface area contributed by atoms with E-state index in [1.807, 2.05) is 12.1 Å². The van der Waals surface area contributed by atoms with Crippen LogP contribution < -0.4 is 15.4 Å². The van der Waals surface area contributed by atoms with Crippen LogP contribution >= 0.6 is 0 Å². The molecule has 0 radical (unpaired) electrons. The fourth-order valence-electron chi connectivity index (χ4n) is 2.11. The smallest absolute Gasteiger partial charge is 0.227 e. The van der Waals surface area contributed by atoms with E-state index in [1.165, 1.54) is 5.56 Å². The molecule has 1 aromatic carbocycles. The first-order chi connectivity index (χ1) is 9.15. The quantitative estimate of drug-likeness (QED) is 0.801. The second-order valence-corrected chi connectivity index (χ2v) is 5.19. The van der Waals surface area contributed by atoms with Crippen LogP contribution in [0.1, 0.15) is 32.3 Å². The Morgan fingerprint density at radius 3 is 3.05 bits per heavy atom. The van der Waals surface area contributed by atoms with E-state index in [0.29, 0.717) is 19.1 Å². The molecule has 0 saturated carbocycles. The zero-order valence-electron chi connectivity index (χ0n) is 11.7. The van der Waals surface area contributed by atoms with Gasteiger partial charge in [0.1, 0.15) is 5.75 Å². The number of anilines is 1. The molecule has 0 fully saturated rings. The number of benzene rings is 1. The number of ether oxygens (including phenoxy) is 1. The number of hydrogen-bond donors (Lipinski definition) is 2. The summed E-state index contributed by atoms with van der Waals surface area (Å²) in [4.78, 5) is 11.5. The van der Waals surface area contributed by atoms with Gasteiger partial charge in [-0.2, -0.15) is 0 Å². The maximum absolute atomic E-state index is 11.5. The van der Waals surface area contributed by atoms with Crippen LogP contribution in [-0.4, -0.2) is 25.1 Å². The molecule has 0 atom stereocenters. The molecule has 1 aromatic rings. The van der Waals surface area contributed by atoms with Gasteiger partial charge in [0, 0.05) is 6.04 Å². The summed E-state index contributed by atoms with van der Waals surface area (Å²) >= 11 is 0. The monoisotopic (exact) mass is 262 g/mol. The van der Waals surface area contributed by atoms with Crippen LogP contribution in [0.25, 0.3) is 0 Å². The summed E-state index contributed by atoms with van der Waals surface area (Å²) in [6.45, 7) is 5.76. The number of carbonyl (C=O) groups excluding carboxylic acids is 1. The predicted octanol–water partition coefficient (Wildman–Crippen LogP) is 2.34. The molecule has 2 rings (SSSR count). The number of carbonyl (C=O) groups is 1. The highest BCUT2D eigenvalue weighted by Crippen LogP contribution is 2.28. The van der Waals surface area contributed by atoms with E-state index < -0.39 is 0 Å². The van der Waals surface area contributed by atoms with Gasteiger partial charge in [0.15, 0.2) is 0 Å². The third-order valence-electron chi connectivity index (χ3n) is 3.10. The average Bonchev–Trinajstić information content (AvgIpc) is 2.54. The molecular formula is C15H22N2O2. The Bertz CT molecular complexity index is 444. The van der Waals surface area contributed by atoms with Gasteiger partial charge in [-0.15, -0.1) is 0 Å². The van der Waals surface area contributed by atoms with Crippen LogP contribution in [0.4, 0.5) is 5.69 Å². The lowest BCUT2D eigenvalue weighted by molar-refractivity contribution is -0.116. The zero-order valence-corrected chi connectivity index (χ0v) is 11.7. The minimum Gasteiger partial charge on any atom is -0.491 e. The van der Waals surface area contributed by atoms with Crippen molar-refractivity contribution in [2.45, 2.75) is 39.2 Å². The molecule has 19 heavy (non-hydrogen) atoms. The van der Waals surface area contributed by atoms with Crippen molar-refractivity contribution < 1.29 is 9.53 Å². The predicted molar refractivity (Wildman–Crippen MR) is 76.6 cm³/mol. The van der Waals surface area contributed by atoms with Crippen LogP contribution in [-0.2, 0) is 11.2 Å². The van der Waals surface area contributed by atoms with E-state index in [-0.39, 0.29) is 5.91 Å². The van der Waals surface area contributed by atoms with Gasteiger partial charge in [-0.05, 0) is 37.1 Å². The minimum atomic E-state index is 0.0253. The van der Waals surface area contributed by atoms with Crippen LogP contribution in [0.3, 0.4) is 0 Å². The highest BCUT2D eigenvalue weighted by molar-refractivity contribution is 5.93. The van der Waals surface area contributed by atoms with E-state index in [1.54, 1.807) is 0 Å². The molecule has 1 aliphatic heterocycles. The second kappa shape index (κ2) is 6.57. The first kappa shape index (κ1) is 13.9. The topological polar surface area (TPSA) is 50.4 Å². The van der Waals surface area contributed by atoms with Crippen molar-refractivity contribution in [1.29, 1.82) is 0 Å². The molecule has 4 heteroatoms. The third kappa shape index (κ3) is 4.24. The Hall–Kier alpha value is -1.55. The highest BCUT2D eigenvalue weighted by atomic mass is 16.5. The van der Waals surface area contributed by atoms with Gasteiger partial charge in [-0.25, -0.2) is 0 Å². The summed E-state index contributed by atoms with van der Waals surface area (Å²) in [7, 11) is 0. The largest absolute Gasteiger partial charge is 0.491 e. The molecule has 0 aromatic heterocycles. The maximum atomic E-state index is 11.5. The van der Waals surface area contributed by atoms with E-state index >= 15 is 0 Å². The highest BCUT2D eigenvalue weighted by Gasteiger charge is 2.13. The lowest BCUT2D eigenvalue weighted by Gasteiger charge is -2.10. The zero-order chi connectivity index (χ0) is 13.7. The molecule has 104 valence electrons. The van der Waals surface area contributed by atoms with Gasteiger partial charge in [0.05, 0.1) is 18.7 Å². The van der Waals surface area contributed by atoms with E-state index in [2.05, 4.69) is 30.5 Å². The number of fused-ring (bicyclic) bond motifs is 1. The Labute approximate surface area is 114 Å². The summed E-state index contributed by atoms with van der Waals surface area (Å²) in [6.07, 6.45) is 2.51. The first-order valence-electron chi connectivity index (χ1n) is 6.94. The lowest BCUT2D eigenvalue weighted by Crippen LogP contribution is -2.23. The summed E-state index contributed by atoms with van der Waals surface area (Å²) in [5, 5.41) is 6.29. The van der Waals surface area contributed by atoms with E-state index in [0.717, 1.165) is 30.8 Å². The molecule has 2 N–H and O–H groups in total. The lowest BCUT2D eigenvalue weighted by atomic mass is 10.1. The van der Waals surface area contributed by atoms with Crippen molar-refractivity contribution in [2.75, 3.05) is 18.5 Å². The summed E-state index contributed by atoms with van der Waals surface area (Å²) < 4.78 is 5.54. The number of amides is 1. The van der Waals surface area contributed by atoms with Gasteiger partial charge in [-0.1, -0.05) is 19.9 Å². The number of hydrogen-bond acceptors (Lipinski definition) is 3. The number of rotatable bonds is 5. The molecule has 0 bridgehead atoms. The van der Waals surface area contributed by atoms with Crippen molar-refractivity contribution in [1.82, 2.24) is 5.32 Å². The Balaban J connectivity index is 1.94. The molecule has 1 aliphatic rings. The fourth-order valence-corrected chi connectivity index (χ4v) is 2.11. The van der Waals surface area contributed by atoms with Crippen molar-refractivity contribution >= 4 is 11.6 Å². The Morgan fingerprint density at radius 1 is 1.42 bits per heavy atom. The van der Waals surface area contributed by atoms with Gasteiger partial charge in [0.25, 0.3) is 0 Å². The van der Waals surface area contributed by atoms with Gasteiger partial charge < -0.3 is 15.4 Å². The van der Waals surface area contributed by atoms with Crippen LogP contribution in [0.15, 0.2) is 18.2 Å². The van der Waals surface area contributed by atoms with Crippen molar-refractivity contribution in [3.05, 3.63) is 23.8 Å². The Kier molecular flexibility index (Phi) is 4.80. The van der Waals surface area contributed by atoms with Gasteiger partial charge in [0.2, 0.25) is 5.91 Å².